The molecule has 5 nitrogen and oxygen atoms in total. The summed E-state index contributed by atoms with van der Waals surface area (Å²) in [4.78, 5) is 4.66. The van der Waals surface area contributed by atoms with Gasteiger partial charge in [0, 0.05) is 32.3 Å². The van der Waals surface area contributed by atoms with Gasteiger partial charge in [0.2, 0.25) is 0 Å². The molecule has 1 fully saturated rings. The van der Waals surface area contributed by atoms with E-state index in [0.29, 0.717) is 12.6 Å². The fourth-order valence-electron chi connectivity index (χ4n) is 2.67. The lowest BCUT2D eigenvalue weighted by atomic mass is 10.1. The molecule has 3 N–H and O–H groups in total. The molecule has 0 amide bonds. The van der Waals surface area contributed by atoms with E-state index < -0.39 is 0 Å². The lowest BCUT2D eigenvalue weighted by Gasteiger charge is -2.37. The van der Waals surface area contributed by atoms with Crippen LogP contribution in [0, 0.1) is 0 Å². The number of likely N-dealkylation sites (N-methyl/N-ethyl adjacent to an activating group) is 1. The maximum Gasteiger partial charge on any atom is 0.0629 e. The predicted molar refractivity (Wildman–Crippen MR) is 69.0 cm³/mol. The number of methoxy groups -OCH3 is 1. The molecule has 3 unspecified atom stereocenters. The number of ether oxygens (including phenoxy) is 1. The predicted octanol–water partition coefficient (Wildman–Crippen LogP) is -0.653. The van der Waals surface area contributed by atoms with Gasteiger partial charge in [-0.15, -0.1) is 0 Å². The van der Waals surface area contributed by atoms with Gasteiger partial charge < -0.3 is 20.5 Å². The van der Waals surface area contributed by atoms with Crippen LogP contribution in [0.5, 0.6) is 0 Å². The Labute approximate surface area is 105 Å². The minimum absolute atomic E-state index is 0.00329. The van der Waals surface area contributed by atoms with E-state index in [1.807, 2.05) is 0 Å². The largest absolute Gasteiger partial charge is 0.395 e. The van der Waals surface area contributed by atoms with E-state index in [2.05, 4.69) is 23.8 Å². The van der Waals surface area contributed by atoms with Gasteiger partial charge in [-0.3, -0.25) is 4.90 Å². The van der Waals surface area contributed by atoms with E-state index in [-0.39, 0.29) is 18.7 Å². The monoisotopic (exact) mass is 245 g/mol. The van der Waals surface area contributed by atoms with Gasteiger partial charge in [0.1, 0.15) is 0 Å². The van der Waals surface area contributed by atoms with Crippen LogP contribution in [0.25, 0.3) is 0 Å². The van der Waals surface area contributed by atoms with Crippen molar-refractivity contribution in [2.75, 3.05) is 47.0 Å². The third kappa shape index (κ3) is 4.19. The van der Waals surface area contributed by atoms with Crippen LogP contribution in [0.3, 0.4) is 0 Å². The maximum atomic E-state index is 9.56. The van der Waals surface area contributed by atoms with Crippen LogP contribution in [0.1, 0.15) is 13.3 Å². The maximum absolute atomic E-state index is 9.56. The Morgan fingerprint density at radius 3 is 2.76 bits per heavy atom. The lowest BCUT2D eigenvalue weighted by molar-refractivity contribution is 0.0493. The Bertz CT molecular complexity index is 216. The van der Waals surface area contributed by atoms with Crippen LogP contribution in [-0.4, -0.2) is 80.0 Å². The average molecular weight is 245 g/mol. The molecule has 102 valence electrons. The molecule has 0 aromatic carbocycles. The molecule has 0 aliphatic carbocycles. The number of hydrogen-bond acceptors (Lipinski definition) is 5. The minimum Gasteiger partial charge on any atom is -0.395 e. The Balaban J connectivity index is 2.65. The van der Waals surface area contributed by atoms with Gasteiger partial charge in [-0.2, -0.15) is 0 Å². The van der Waals surface area contributed by atoms with Gasteiger partial charge in [0.25, 0.3) is 0 Å². The first-order chi connectivity index (χ1) is 8.10. The first kappa shape index (κ1) is 14.9. The van der Waals surface area contributed by atoms with Gasteiger partial charge in [0.15, 0.2) is 0 Å². The van der Waals surface area contributed by atoms with Gasteiger partial charge in [-0.05, 0) is 26.9 Å². The highest BCUT2D eigenvalue weighted by Gasteiger charge is 2.29. The zero-order valence-corrected chi connectivity index (χ0v) is 11.3. The first-order valence-corrected chi connectivity index (χ1v) is 6.39. The molecular formula is C12H27N3O2. The van der Waals surface area contributed by atoms with Crippen LogP contribution in [-0.2, 0) is 4.74 Å². The summed E-state index contributed by atoms with van der Waals surface area (Å²) in [7, 11) is 3.79. The van der Waals surface area contributed by atoms with Crippen molar-refractivity contribution >= 4 is 0 Å². The molecule has 0 bridgehead atoms. The minimum atomic E-state index is -0.129. The molecule has 0 saturated carbocycles. The molecular weight excluding hydrogens is 218 g/mol. The fourth-order valence-corrected chi connectivity index (χ4v) is 2.67. The van der Waals surface area contributed by atoms with E-state index in [1.54, 1.807) is 7.11 Å². The summed E-state index contributed by atoms with van der Waals surface area (Å²) in [6, 6.07) is 0.287. The van der Waals surface area contributed by atoms with Crippen LogP contribution >= 0.6 is 0 Å². The normalized spacial score (nSPS) is 27.7. The van der Waals surface area contributed by atoms with Crippen molar-refractivity contribution in [1.82, 2.24) is 9.80 Å². The average Bonchev–Trinajstić information content (AvgIpc) is 2.42. The Kier molecular flexibility index (Phi) is 6.37. The van der Waals surface area contributed by atoms with Gasteiger partial charge >= 0.3 is 0 Å². The van der Waals surface area contributed by atoms with Crippen molar-refractivity contribution < 1.29 is 9.84 Å². The summed E-state index contributed by atoms with van der Waals surface area (Å²) in [5.74, 6) is 0. The summed E-state index contributed by atoms with van der Waals surface area (Å²) < 4.78 is 5.09. The topological polar surface area (TPSA) is 62.0 Å². The number of nitrogens with zero attached hydrogens (tertiary/aromatic N) is 2. The van der Waals surface area contributed by atoms with Gasteiger partial charge in [0.05, 0.1) is 19.3 Å². The fraction of sp³-hybridized carbons (Fsp3) is 1.00. The van der Waals surface area contributed by atoms with E-state index in [0.717, 1.165) is 26.1 Å². The summed E-state index contributed by atoms with van der Waals surface area (Å²) >= 11 is 0. The molecule has 0 aromatic heterocycles. The third-order valence-electron chi connectivity index (χ3n) is 3.56. The molecule has 0 spiro atoms. The van der Waals surface area contributed by atoms with Crippen molar-refractivity contribution in [2.24, 2.45) is 5.73 Å². The first-order valence-electron chi connectivity index (χ1n) is 6.39. The number of hydrogen-bond donors (Lipinski definition) is 2. The van der Waals surface area contributed by atoms with Crippen LogP contribution < -0.4 is 5.73 Å². The number of nitrogens with two attached hydrogens (primary N) is 1. The second-order valence-electron chi connectivity index (χ2n) is 5.07. The molecule has 0 aromatic rings. The second kappa shape index (κ2) is 7.28. The molecule has 5 heteroatoms. The quantitative estimate of drug-likeness (QED) is 0.674. The molecule has 1 rings (SSSR count). The van der Waals surface area contributed by atoms with Crippen molar-refractivity contribution in [3.63, 3.8) is 0 Å². The van der Waals surface area contributed by atoms with Gasteiger partial charge in [-0.25, -0.2) is 0 Å². The molecule has 1 saturated heterocycles. The van der Waals surface area contributed by atoms with Crippen LogP contribution in [0.4, 0.5) is 0 Å². The smallest absolute Gasteiger partial charge is 0.0629 e. The highest BCUT2D eigenvalue weighted by molar-refractivity contribution is 4.87. The van der Waals surface area contributed by atoms with Crippen molar-refractivity contribution in [1.29, 1.82) is 0 Å². The third-order valence-corrected chi connectivity index (χ3v) is 3.56. The zero-order chi connectivity index (χ0) is 12.8. The molecule has 1 aliphatic heterocycles. The van der Waals surface area contributed by atoms with Crippen LogP contribution in [0.2, 0.25) is 0 Å². The van der Waals surface area contributed by atoms with Crippen LogP contribution in [0.15, 0.2) is 0 Å². The summed E-state index contributed by atoms with van der Waals surface area (Å²) in [6.07, 6.45) is 1.12. The zero-order valence-electron chi connectivity index (χ0n) is 11.3. The summed E-state index contributed by atoms with van der Waals surface area (Å²) in [6.45, 7) is 5.91. The molecule has 1 heterocycles. The van der Waals surface area contributed by atoms with Gasteiger partial charge in [-0.1, -0.05) is 0 Å². The Morgan fingerprint density at radius 1 is 1.47 bits per heavy atom. The number of aliphatic hydroxyl groups is 1. The molecule has 3 atom stereocenters. The van der Waals surface area contributed by atoms with E-state index in [4.69, 9.17) is 10.5 Å². The van der Waals surface area contributed by atoms with E-state index >= 15 is 0 Å². The summed E-state index contributed by atoms with van der Waals surface area (Å²) in [5.41, 5.74) is 6.08. The SMILES string of the molecule is COCC(N)C(CO)N1CCCN(C)CC1C. The Hall–Kier alpha value is -0.200. The lowest BCUT2D eigenvalue weighted by Crippen LogP contribution is -2.55. The second-order valence-corrected chi connectivity index (χ2v) is 5.07. The van der Waals surface area contributed by atoms with Crippen molar-refractivity contribution in [3.05, 3.63) is 0 Å². The summed E-state index contributed by atoms with van der Waals surface area (Å²) in [5, 5.41) is 9.56. The number of rotatable bonds is 5. The molecule has 17 heavy (non-hydrogen) atoms. The highest BCUT2D eigenvalue weighted by Crippen LogP contribution is 2.14. The molecule has 0 radical (unpaired) electrons. The van der Waals surface area contributed by atoms with Crippen molar-refractivity contribution in [3.8, 4) is 0 Å². The Morgan fingerprint density at radius 2 is 2.18 bits per heavy atom. The van der Waals surface area contributed by atoms with E-state index in [9.17, 15) is 5.11 Å². The molecule has 1 aliphatic rings. The number of aliphatic hydroxyl groups excluding tert-OH is 1. The van der Waals surface area contributed by atoms with E-state index in [1.165, 1.54) is 0 Å². The van der Waals surface area contributed by atoms with Crippen molar-refractivity contribution in [2.45, 2.75) is 31.5 Å². The highest BCUT2D eigenvalue weighted by atomic mass is 16.5. The standard InChI is InChI=1S/C12H27N3O2/c1-10-7-14(2)5-4-6-15(10)12(8-16)11(13)9-17-3/h10-12,16H,4-9,13H2,1-3H3.